The third-order valence-corrected chi connectivity index (χ3v) is 5.67. The molecule has 0 N–H and O–H groups in total. The van der Waals surface area contributed by atoms with Gasteiger partial charge in [0.2, 0.25) is 5.76 Å². The molecule has 1 aliphatic heterocycles. The van der Waals surface area contributed by atoms with Crippen LogP contribution in [-0.4, -0.2) is 31.1 Å². The van der Waals surface area contributed by atoms with Crippen molar-refractivity contribution < 1.29 is 18.7 Å². The normalized spacial score (nSPS) is 15.6. The molecule has 1 amide bonds. The van der Waals surface area contributed by atoms with Crippen LogP contribution >= 0.6 is 0 Å². The fraction of sp³-hybridized carbons (Fsp3) is 0.360. The lowest BCUT2D eigenvalue weighted by atomic mass is 9.98. The highest BCUT2D eigenvalue weighted by Gasteiger charge is 2.42. The summed E-state index contributed by atoms with van der Waals surface area (Å²) in [6.07, 6.45) is 0.938. The van der Waals surface area contributed by atoms with Crippen LogP contribution in [0.5, 0.6) is 11.5 Å². The Morgan fingerprint density at radius 1 is 1.10 bits per heavy atom. The Balaban J connectivity index is 1.80. The lowest BCUT2D eigenvalue weighted by molar-refractivity contribution is 0.0737. The minimum Gasteiger partial charge on any atom is -0.493 e. The van der Waals surface area contributed by atoms with Gasteiger partial charge in [-0.05, 0) is 49.1 Å². The SMILES string of the molecule is CCN1C(=O)c2oc3ccccc3c(=O)c2C1c1ccc(OCCC(C)C)c(OC)c1. The van der Waals surface area contributed by atoms with E-state index in [-0.39, 0.29) is 17.1 Å². The molecule has 31 heavy (non-hydrogen) atoms. The monoisotopic (exact) mass is 421 g/mol. The highest BCUT2D eigenvalue weighted by atomic mass is 16.5. The van der Waals surface area contributed by atoms with Gasteiger partial charge in [0.15, 0.2) is 16.9 Å². The summed E-state index contributed by atoms with van der Waals surface area (Å²) in [5.74, 6) is 1.60. The summed E-state index contributed by atoms with van der Waals surface area (Å²) in [4.78, 5) is 28.1. The van der Waals surface area contributed by atoms with Crippen LogP contribution in [0.4, 0.5) is 0 Å². The van der Waals surface area contributed by atoms with Crippen molar-refractivity contribution in [1.29, 1.82) is 0 Å². The van der Waals surface area contributed by atoms with Crippen molar-refractivity contribution in [3.8, 4) is 11.5 Å². The fourth-order valence-corrected chi connectivity index (χ4v) is 4.02. The van der Waals surface area contributed by atoms with Gasteiger partial charge in [-0.3, -0.25) is 9.59 Å². The summed E-state index contributed by atoms with van der Waals surface area (Å²) in [7, 11) is 1.58. The number of para-hydroxylation sites is 1. The zero-order chi connectivity index (χ0) is 22.1. The first-order chi connectivity index (χ1) is 15.0. The molecule has 0 radical (unpaired) electrons. The smallest absolute Gasteiger partial charge is 0.290 e. The molecule has 0 saturated carbocycles. The van der Waals surface area contributed by atoms with E-state index in [1.165, 1.54) is 0 Å². The molecule has 0 bridgehead atoms. The molecule has 1 unspecified atom stereocenters. The molecule has 6 heteroatoms. The first-order valence-electron chi connectivity index (χ1n) is 10.6. The second kappa shape index (κ2) is 8.46. The van der Waals surface area contributed by atoms with Gasteiger partial charge in [-0.15, -0.1) is 0 Å². The van der Waals surface area contributed by atoms with Crippen LogP contribution in [0.15, 0.2) is 51.7 Å². The summed E-state index contributed by atoms with van der Waals surface area (Å²) >= 11 is 0. The van der Waals surface area contributed by atoms with E-state index in [2.05, 4.69) is 13.8 Å². The molecule has 4 rings (SSSR count). The van der Waals surface area contributed by atoms with Gasteiger partial charge in [0.1, 0.15) is 5.58 Å². The summed E-state index contributed by atoms with van der Waals surface area (Å²) in [6, 6.07) is 12.0. The van der Waals surface area contributed by atoms with E-state index in [4.69, 9.17) is 13.9 Å². The van der Waals surface area contributed by atoms with E-state index < -0.39 is 6.04 Å². The topological polar surface area (TPSA) is 69.0 Å². The molecule has 1 aromatic heterocycles. The molecule has 2 aromatic carbocycles. The molecule has 0 saturated heterocycles. The van der Waals surface area contributed by atoms with Crippen molar-refractivity contribution in [2.75, 3.05) is 20.3 Å². The van der Waals surface area contributed by atoms with Gasteiger partial charge in [-0.25, -0.2) is 0 Å². The highest BCUT2D eigenvalue weighted by Crippen LogP contribution is 2.40. The van der Waals surface area contributed by atoms with Crippen LogP contribution in [0.3, 0.4) is 0 Å². The number of fused-ring (bicyclic) bond motifs is 2. The van der Waals surface area contributed by atoms with Crippen molar-refractivity contribution >= 4 is 16.9 Å². The Hall–Kier alpha value is -3.28. The number of hydrogen-bond acceptors (Lipinski definition) is 5. The zero-order valence-corrected chi connectivity index (χ0v) is 18.3. The minimum atomic E-state index is -0.535. The first-order valence-corrected chi connectivity index (χ1v) is 10.6. The van der Waals surface area contributed by atoms with Crippen molar-refractivity contribution in [1.82, 2.24) is 4.90 Å². The molecule has 1 atom stereocenters. The number of methoxy groups -OCH3 is 1. The number of amides is 1. The lowest BCUT2D eigenvalue weighted by Gasteiger charge is -2.24. The Bertz CT molecular complexity index is 1180. The van der Waals surface area contributed by atoms with Crippen LogP contribution in [-0.2, 0) is 0 Å². The van der Waals surface area contributed by atoms with Crippen molar-refractivity contribution in [2.24, 2.45) is 5.92 Å². The quantitative estimate of drug-likeness (QED) is 0.549. The van der Waals surface area contributed by atoms with E-state index in [1.807, 2.05) is 25.1 Å². The van der Waals surface area contributed by atoms with E-state index in [0.29, 0.717) is 47.1 Å². The predicted octanol–water partition coefficient (Wildman–Crippen LogP) is 4.79. The van der Waals surface area contributed by atoms with Crippen LogP contribution in [0.1, 0.15) is 54.9 Å². The summed E-state index contributed by atoms with van der Waals surface area (Å²) in [5, 5.41) is 0.470. The number of nitrogens with zero attached hydrogens (tertiary/aromatic N) is 1. The standard InChI is InChI=1S/C25H27NO5/c1-5-26-22(16-10-11-19(20(14-16)29-4)30-13-12-15(2)3)21-23(27)17-8-6-7-9-18(17)31-24(21)25(26)28/h6-11,14-15,22H,5,12-13H2,1-4H3. The van der Waals surface area contributed by atoms with Gasteiger partial charge >= 0.3 is 0 Å². The van der Waals surface area contributed by atoms with E-state index >= 15 is 0 Å². The van der Waals surface area contributed by atoms with E-state index in [1.54, 1.807) is 36.3 Å². The third-order valence-electron chi connectivity index (χ3n) is 5.67. The van der Waals surface area contributed by atoms with Crippen molar-refractivity contribution in [3.05, 3.63) is 69.6 Å². The molecule has 2 heterocycles. The van der Waals surface area contributed by atoms with E-state index in [0.717, 1.165) is 12.0 Å². The molecule has 3 aromatic rings. The lowest BCUT2D eigenvalue weighted by Crippen LogP contribution is -2.29. The molecule has 0 fully saturated rings. The molecular weight excluding hydrogens is 394 g/mol. The van der Waals surface area contributed by atoms with Gasteiger partial charge in [0, 0.05) is 6.54 Å². The van der Waals surface area contributed by atoms with E-state index in [9.17, 15) is 9.59 Å². The van der Waals surface area contributed by atoms with Crippen LogP contribution in [0, 0.1) is 5.92 Å². The number of carbonyl (C=O) groups is 1. The Morgan fingerprint density at radius 2 is 1.87 bits per heavy atom. The van der Waals surface area contributed by atoms with Crippen LogP contribution in [0.25, 0.3) is 11.0 Å². The maximum atomic E-state index is 13.3. The Kier molecular flexibility index (Phi) is 5.72. The van der Waals surface area contributed by atoms with Crippen molar-refractivity contribution in [2.45, 2.75) is 33.2 Å². The largest absolute Gasteiger partial charge is 0.493 e. The second-order valence-electron chi connectivity index (χ2n) is 8.11. The average Bonchev–Trinajstić information content (AvgIpc) is 3.05. The van der Waals surface area contributed by atoms with Gasteiger partial charge in [-0.1, -0.05) is 32.0 Å². The number of carbonyl (C=O) groups excluding carboxylic acids is 1. The van der Waals surface area contributed by atoms with Gasteiger partial charge in [0.05, 0.1) is 30.7 Å². The highest BCUT2D eigenvalue weighted by molar-refractivity contribution is 5.99. The molecule has 162 valence electrons. The third kappa shape index (κ3) is 3.67. The van der Waals surface area contributed by atoms with Crippen LogP contribution < -0.4 is 14.9 Å². The summed E-state index contributed by atoms with van der Waals surface area (Å²) in [5.41, 5.74) is 1.40. The zero-order valence-electron chi connectivity index (χ0n) is 18.3. The average molecular weight is 421 g/mol. The van der Waals surface area contributed by atoms with Gasteiger partial charge in [-0.2, -0.15) is 0 Å². The number of hydrogen-bond donors (Lipinski definition) is 0. The molecule has 6 nitrogen and oxygen atoms in total. The predicted molar refractivity (Wildman–Crippen MR) is 119 cm³/mol. The first kappa shape index (κ1) is 21.0. The minimum absolute atomic E-state index is 0.117. The Labute approximate surface area is 181 Å². The van der Waals surface area contributed by atoms with Crippen LogP contribution in [0.2, 0.25) is 0 Å². The molecular formula is C25H27NO5. The maximum absolute atomic E-state index is 13.3. The molecule has 0 aliphatic carbocycles. The number of rotatable bonds is 7. The number of benzene rings is 2. The van der Waals surface area contributed by atoms with Crippen molar-refractivity contribution in [3.63, 3.8) is 0 Å². The second-order valence-corrected chi connectivity index (χ2v) is 8.11. The fourth-order valence-electron chi connectivity index (χ4n) is 4.02. The number of ether oxygens (including phenoxy) is 2. The van der Waals surface area contributed by atoms with Gasteiger partial charge in [0.25, 0.3) is 5.91 Å². The summed E-state index contributed by atoms with van der Waals surface area (Å²) in [6.45, 7) is 7.22. The molecule has 0 spiro atoms. The summed E-state index contributed by atoms with van der Waals surface area (Å²) < 4.78 is 17.3. The van der Waals surface area contributed by atoms with Gasteiger partial charge < -0.3 is 18.8 Å². The Morgan fingerprint density at radius 3 is 2.58 bits per heavy atom. The maximum Gasteiger partial charge on any atom is 0.290 e. The molecule has 1 aliphatic rings.